The average molecular weight is 321 g/mol. The van der Waals surface area contributed by atoms with Crippen LogP contribution in [-0.4, -0.2) is 20.7 Å². The van der Waals surface area contributed by atoms with Gasteiger partial charge in [0.05, 0.1) is 10.6 Å². The van der Waals surface area contributed by atoms with E-state index in [9.17, 15) is 8.42 Å². The summed E-state index contributed by atoms with van der Waals surface area (Å²) in [5.41, 5.74) is 0.919. The second-order valence-corrected chi connectivity index (χ2v) is 8.58. The number of hydrogen-bond acceptors (Lipinski definition) is 4. The van der Waals surface area contributed by atoms with Gasteiger partial charge < -0.3 is 5.32 Å². The lowest BCUT2D eigenvalue weighted by molar-refractivity contribution is 0.476. The Morgan fingerprint density at radius 1 is 1.29 bits per heavy atom. The molecule has 0 spiro atoms. The highest BCUT2D eigenvalue weighted by Gasteiger charge is 2.29. The summed E-state index contributed by atoms with van der Waals surface area (Å²) in [6.45, 7) is 3.06. The molecule has 3 rings (SSSR count). The van der Waals surface area contributed by atoms with Crippen LogP contribution in [0.3, 0.4) is 0 Å². The minimum absolute atomic E-state index is 0.132. The van der Waals surface area contributed by atoms with Crippen molar-refractivity contribution < 1.29 is 8.42 Å². The van der Waals surface area contributed by atoms with Gasteiger partial charge in [-0.15, -0.1) is 11.3 Å². The molecule has 2 aromatic rings. The second-order valence-electron chi connectivity index (χ2n) is 5.52. The summed E-state index contributed by atoms with van der Waals surface area (Å²) in [6.07, 6.45) is 0.649. The first-order valence-corrected chi connectivity index (χ1v) is 9.69. The van der Waals surface area contributed by atoms with Crippen molar-refractivity contribution in [1.82, 2.24) is 5.32 Å². The third-order valence-electron chi connectivity index (χ3n) is 4.00. The van der Waals surface area contributed by atoms with Crippen LogP contribution in [0.25, 0.3) is 0 Å². The maximum Gasteiger partial charge on any atom is 0.178 e. The molecule has 112 valence electrons. The van der Waals surface area contributed by atoms with E-state index in [1.54, 1.807) is 23.5 Å². The van der Waals surface area contributed by atoms with Gasteiger partial charge in [-0.2, -0.15) is 0 Å². The molecule has 2 atom stereocenters. The Balaban J connectivity index is 1.75. The summed E-state index contributed by atoms with van der Waals surface area (Å²) in [7, 11) is -3.09. The lowest BCUT2D eigenvalue weighted by Gasteiger charge is -2.27. The fraction of sp³-hybridized carbons (Fsp3) is 0.375. The van der Waals surface area contributed by atoms with Crippen LogP contribution in [0.1, 0.15) is 35.7 Å². The number of hydrogen-bond donors (Lipinski definition) is 1. The van der Waals surface area contributed by atoms with Gasteiger partial charge in [-0.3, -0.25) is 0 Å². The molecule has 0 bridgehead atoms. The number of benzene rings is 1. The Bertz CT molecular complexity index is 708. The van der Waals surface area contributed by atoms with Crippen molar-refractivity contribution in [1.29, 1.82) is 0 Å². The van der Waals surface area contributed by atoms with Crippen molar-refractivity contribution >= 4 is 21.2 Å². The largest absolute Gasteiger partial charge is 0.309 e. The third-order valence-corrected chi connectivity index (χ3v) is 6.92. The third kappa shape index (κ3) is 3.05. The van der Waals surface area contributed by atoms with Gasteiger partial charge in [-0.05, 0) is 29.5 Å². The summed E-state index contributed by atoms with van der Waals surface area (Å²) in [4.78, 5) is 1.86. The van der Waals surface area contributed by atoms with Gasteiger partial charge in [0.15, 0.2) is 9.84 Å². The van der Waals surface area contributed by atoms with E-state index in [-0.39, 0.29) is 11.8 Å². The normalized spacial score (nSPS) is 21.7. The van der Waals surface area contributed by atoms with Gasteiger partial charge in [0.2, 0.25) is 0 Å². The van der Waals surface area contributed by atoms with E-state index >= 15 is 0 Å². The zero-order valence-electron chi connectivity index (χ0n) is 12.0. The molecule has 1 N–H and O–H groups in total. The Morgan fingerprint density at radius 3 is 2.86 bits per heavy atom. The first-order chi connectivity index (χ1) is 10.1. The molecule has 0 saturated carbocycles. The predicted octanol–water partition coefficient (Wildman–Crippen LogP) is 3.36. The van der Waals surface area contributed by atoms with E-state index in [4.69, 9.17) is 0 Å². The van der Waals surface area contributed by atoms with Gasteiger partial charge in [-0.1, -0.05) is 31.2 Å². The lowest BCUT2D eigenvalue weighted by Crippen LogP contribution is -2.31. The molecule has 0 fully saturated rings. The molecule has 0 saturated heterocycles. The van der Waals surface area contributed by atoms with E-state index in [1.165, 1.54) is 4.88 Å². The van der Waals surface area contributed by atoms with Crippen molar-refractivity contribution in [2.75, 3.05) is 12.3 Å². The molecular formula is C16H19NO2S2. The summed E-state index contributed by atoms with van der Waals surface area (Å²) in [5, 5.41) is 5.64. The smallest absolute Gasteiger partial charge is 0.178 e. The van der Waals surface area contributed by atoms with Crippen molar-refractivity contribution in [3.63, 3.8) is 0 Å². The van der Waals surface area contributed by atoms with Crippen molar-refractivity contribution in [3.8, 4) is 0 Å². The molecule has 0 radical (unpaired) electrons. The lowest BCUT2D eigenvalue weighted by atomic mass is 10.0. The SMILES string of the molecule is C[C@@H](CN[C@@H]1CCS(=O)(=O)c2ccccc21)c1cccs1. The number of fused-ring (bicyclic) bond motifs is 1. The van der Waals surface area contributed by atoms with Crippen LogP contribution in [0.5, 0.6) is 0 Å². The minimum Gasteiger partial charge on any atom is -0.309 e. The van der Waals surface area contributed by atoms with E-state index < -0.39 is 9.84 Å². The zero-order valence-corrected chi connectivity index (χ0v) is 13.6. The topological polar surface area (TPSA) is 46.2 Å². The Morgan fingerprint density at radius 2 is 2.10 bits per heavy atom. The van der Waals surface area contributed by atoms with Gasteiger partial charge in [0.25, 0.3) is 0 Å². The highest BCUT2D eigenvalue weighted by molar-refractivity contribution is 7.91. The molecule has 2 heterocycles. The summed E-state index contributed by atoms with van der Waals surface area (Å²) in [6, 6.07) is 11.7. The van der Waals surface area contributed by atoms with Crippen LogP contribution in [0.2, 0.25) is 0 Å². The van der Waals surface area contributed by atoms with Crippen LogP contribution in [0.4, 0.5) is 0 Å². The van der Waals surface area contributed by atoms with E-state index in [1.807, 2.05) is 12.1 Å². The number of rotatable bonds is 4. The summed E-state index contributed by atoms with van der Waals surface area (Å²) < 4.78 is 24.2. The number of sulfone groups is 1. The minimum atomic E-state index is -3.09. The fourth-order valence-electron chi connectivity index (χ4n) is 2.79. The van der Waals surface area contributed by atoms with Crippen molar-refractivity contribution in [3.05, 3.63) is 52.2 Å². The highest BCUT2D eigenvalue weighted by atomic mass is 32.2. The van der Waals surface area contributed by atoms with Gasteiger partial charge in [0, 0.05) is 23.4 Å². The predicted molar refractivity (Wildman–Crippen MR) is 86.6 cm³/mol. The van der Waals surface area contributed by atoms with E-state index in [0.29, 0.717) is 17.2 Å². The molecule has 1 aliphatic heterocycles. The molecule has 1 aromatic heterocycles. The number of nitrogens with one attached hydrogen (secondary N) is 1. The fourth-order valence-corrected chi connectivity index (χ4v) is 5.20. The summed E-state index contributed by atoms with van der Waals surface area (Å²) >= 11 is 1.77. The Hall–Kier alpha value is -1.17. The molecular weight excluding hydrogens is 302 g/mol. The monoisotopic (exact) mass is 321 g/mol. The maximum absolute atomic E-state index is 12.1. The Kier molecular flexibility index (Phi) is 4.15. The van der Waals surface area contributed by atoms with Gasteiger partial charge in [0.1, 0.15) is 0 Å². The average Bonchev–Trinajstić information content (AvgIpc) is 3.01. The van der Waals surface area contributed by atoms with Gasteiger partial charge >= 0.3 is 0 Å². The summed E-state index contributed by atoms with van der Waals surface area (Å²) in [5.74, 6) is 0.672. The van der Waals surface area contributed by atoms with Crippen LogP contribution in [-0.2, 0) is 9.84 Å². The Labute approximate surface area is 129 Å². The van der Waals surface area contributed by atoms with Crippen molar-refractivity contribution in [2.24, 2.45) is 0 Å². The number of thiophene rings is 1. The van der Waals surface area contributed by atoms with Gasteiger partial charge in [-0.25, -0.2) is 8.42 Å². The second kappa shape index (κ2) is 5.91. The quantitative estimate of drug-likeness (QED) is 0.939. The first-order valence-electron chi connectivity index (χ1n) is 7.16. The van der Waals surface area contributed by atoms with E-state index in [0.717, 1.165) is 12.1 Å². The van der Waals surface area contributed by atoms with E-state index in [2.05, 4.69) is 29.8 Å². The molecule has 3 nitrogen and oxygen atoms in total. The maximum atomic E-state index is 12.1. The molecule has 0 unspecified atom stereocenters. The van der Waals surface area contributed by atoms with Crippen LogP contribution in [0, 0.1) is 0 Å². The molecule has 21 heavy (non-hydrogen) atoms. The van der Waals surface area contributed by atoms with Crippen LogP contribution < -0.4 is 5.32 Å². The molecule has 1 aliphatic rings. The van der Waals surface area contributed by atoms with Crippen LogP contribution >= 0.6 is 11.3 Å². The molecule has 1 aromatic carbocycles. The first kappa shape index (κ1) is 14.8. The molecule has 0 amide bonds. The highest BCUT2D eigenvalue weighted by Crippen LogP contribution is 2.32. The van der Waals surface area contributed by atoms with Crippen molar-refractivity contribution in [2.45, 2.75) is 30.2 Å². The zero-order chi connectivity index (χ0) is 14.9. The molecule has 5 heteroatoms. The molecule has 0 aliphatic carbocycles. The van der Waals surface area contributed by atoms with Crippen LogP contribution in [0.15, 0.2) is 46.7 Å². The standard InChI is InChI=1S/C16H19NO2S2/c1-12(15-6-4-9-20-15)11-17-14-8-10-21(18,19)16-7-3-2-5-13(14)16/h2-7,9,12,14,17H,8,10-11H2,1H3/t12-,14+/m0/s1.